The van der Waals surface area contributed by atoms with Gasteiger partial charge in [0, 0.05) is 50.6 Å². The van der Waals surface area contributed by atoms with E-state index in [1.165, 1.54) is 12.8 Å². The highest BCUT2D eigenvalue weighted by Gasteiger charge is 2.54. The lowest BCUT2D eigenvalue weighted by molar-refractivity contribution is -0.139. The number of carbonyl (C=O) groups is 3. The summed E-state index contributed by atoms with van der Waals surface area (Å²) < 4.78 is 11.2. The van der Waals surface area contributed by atoms with Gasteiger partial charge in [0.25, 0.3) is 5.91 Å². The van der Waals surface area contributed by atoms with E-state index in [-0.39, 0.29) is 36.2 Å². The highest BCUT2D eigenvalue weighted by atomic mass is 16.5. The fraction of sp³-hybridized carbons (Fsp3) is 0.690. The van der Waals surface area contributed by atoms with Crippen LogP contribution in [0.15, 0.2) is 24.3 Å². The first-order valence-electron chi connectivity index (χ1n) is 14.4. The van der Waals surface area contributed by atoms with Gasteiger partial charge >= 0.3 is 0 Å². The molecule has 0 unspecified atom stereocenters. The van der Waals surface area contributed by atoms with Crippen LogP contribution in [0.2, 0.25) is 0 Å². The minimum absolute atomic E-state index is 0.00140. The normalized spacial score (nSPS) is 29.4. The Labute approximate surface area is 224 Å². The predicted molar refractivity (Wildman–Crippen MR) is 142 cm³/mol. The summed E-state index contributed by atoms with van der Waals surface area (Å²) in [5, 5.41) is 3.09. The quantitative estimate of drug-likeness (QED) is 0.582. The van der Waals surface area contributed by atoms with E-state index in [1.54, 1.807) is 12.0 Å². The largest absolute Gasteiger partial charge is 0.377 e. The van der Waals surface area contributed by atoms with Crippen LogP contribution in [0.5, 0.6) is 0 Å². The van der Waals surface area contributed by atoms with Crippen molar-refractivity contribution in [3.63, 3.8) is 0 Å². The minimum Gasteiger partial charge on any atom is -0.377 e. The number of amides is 2. The average Bonchev–Trinajstić information content (AvgIpc) is 3.65. The van der Waals surface area contributed by atoms with Crippen LogP contribution in [-0.2, 0) is 19.1 Å². The number of anilines is 1. The molecule has 5 fully saturated rings. The Hall–Kier alpha value is -2.49. The van der Waals surface area contributed by atoms with Crippen molar-refractivity contribution >= 4 is 23.3 Å². The number of piperazine rings is 1. The first kappa shape index (κ1) is 25.8. The number of hydrogen-bond acceptors (Lipinski definition) is 7. The van der Waals surface area contributed by atoms with Gasteiger partial charge in [-0.15, -0.1) is 0 Å². The highest BCUT2D eigenvalue weighted by molar-refractivity contribution is 5.99. The Morgan fingerprint density at radius 1 is 1.00 bits per heavy atom. The smallest absolute Gasteiger partial charge is 0.251 e. The molecule has 1 aromatic carbocycles. The lowest BCUT2D eigenvalue weighted by Crippen LogP contribution is -2.55. The number of methoxy groups -OCH3 is 1. The van der Waals surface area contributed by atoms with Crippen LogP contribution in [0, 0.1) is 5.92 Å². The maximum absolute atomic E-state index is 13.9. The monoisotopic (exact) mass is 524 g/mol. The Bertz CT molecular complexity index is 1030. The molecule has 3 aliphatic heterocycles. The molecule has 9 heteroatoms. The van der Waals surface area contributed by atoms with Gasteiger partial charge in [0.2, 0.25) is 5.91 Å². The fourth-order valence-electron chi connectivity index (χ4n) is 6.91. The van der Waals surface area contributed by atoms with Gasteiger partial charge in [-0.3, -0.25) is 19.3 Å². The molecule has 206 valence electrons. The molecule has 3 heterocycles. The molecular formula is C29H40N4O5. The fourth-order valence-corrected chi connectivity index (χ4v) is 6.91. The van der Waals surface area contributed by atoms with E-state index in [2.05, 4.69) is 15.1 Å². The number of Topliss-reactive ketones (excluding diaryl/α,β-unsaturated/α-hetero) is 1. The third-order valence-electron chi connectivity index (χ3n) is 9.27. The molecule has 0 spiro atoms. The standard InChI is InChI=1S/C29H40N4O5/c1-37-24-17-33(26-23(34)18-38-27(24)26)29(36)25(19-5-3-2-4-6-19)30-28(35)20-7-9-21(10-8-20)31-13-15-32(16-14-31)22-11-12-22/h7-10,19,22,24-27H,2-6,11-18H2,1H3,(H,30,35)/t24-,25+,26-,27-/m1/s1. The first-order chi connectivity index (χ1) is 18.5. The molecular weight excluding hydrogens is 484 g/mol. The first-order valence-corrected chi connectivity index (χ1v) is 14.4. The van der Waals surface area contributed by atoms with E-state index < -0.39 is 18.2 Å². The van der Waals surface area contributed by atoms with Crippen molar-refractivity contribution < 1.29 is 23.9 Å². The summed E-state index contributed by atoms with van der Waals surface area (Å²) in [4.78, 5) is 46.6. The summed E-state index contributed by atoms with van der Waals surface area (Å²) in [6.45, 7) is 4.49. The SMILES string of the molecule is CO[C@@H]1CN(C(=O)[C@@H](NC(=O)c2ccc(N3CCN(C4CC4)CC3)cc2)C2CCCCC2)[C@@H]2C(=O)CO[C@@H]21. The summed E-state index contributed by atoms with van der Waals surface area (Å²) in [7, 11) is 1.58. The van der Waals surface area contributed by atoms with E-state index in [1.807, 2.05) is 24.3 Å². The second-order valence-electron chi connectivity index (χ2n) is 11.6. The highest BCUT2D eigenvalue weighted by Crippen LogP contribution is 2.33. The maximum atomic E-state index is 13.9. The van der Waals surface area contributed by atoms with Gasteiger partial charge in [-0.2, -0.15) is 0 Å². The Balaban J connectivity index is 1.14. The topological polar surface area (TPSA) is 91.4 Å². The van der Waals surface area contributed by atoms with Gasteiger partial charge in [0.05, 0.1) is 6.54 Å². The number of nitrogens with zero attached hydrogens (tertiary/aromatic N) is 3. The summed E-state index contributed by atoms with van der Waals surface area (Å²) in [6, 6.07) is 7.26. The molecule has 5 aliphatic rings. The number of likely N-dealkylation sites (tertiary alicyclic amines) is 1. The van der Waals surface area contributed by atoms with E-state index >= 15 is 0 Å². The predicted octanol–water partition coefficient (Wildman–Crippen LogP) is 1.84. The van der Waals surface area contributed by atoms with E-state index in [0.29, 0.717) is 12.1 Å². The van der Waals surface area contributed by atoms with Crippen LogP contribution >= 0.6 is 0 Å². The van der Waals surface area contributed by atoms with E-state index in [4.69, 9.17) is 9.47 Å². The van der Waals surface area contributed by atoms with Gasteiger partial charge in [0.1, 0.15) is 30.9 Å². The van der Waals surface area contributed by atoms with Crippen molar-refractivity contribution in [1.29, 1.82) is 0 Å². The van der Waals surface area contributed by atoms with Crippen LogP contribution in [0.3, 0.4) is 0 Å². The van der Waals surface area contributed by atoms with E-state index in [9.17, 15) is 14.4 Å². The number of benzene rings is 1. The molecule has 2 amide bonds. The third kappa shape index (κ3) is 5.08. The Kier molecular flexibility index (Phi) is 7.42. The molecule has 0 aromatic heterocycles. The van der Waals surface area contributed by atoms with Crippen LogP contribution in [0.4, 0.5) is 5.69 Å². The second-order valence-corrected chi connectivity index (χ2v) is 11.6. The van der Waals surface area contributed by atoms with Gasteiger partial charge in [-0.05, 0) is 55.9 Å². The molecule has 2 saturated carbocycles. The Morgan fingerprint density at radius 2 is 1.71 bits per heavy atom. The van der Waals surface area contributed by atoms with Crippen molar-refractivity contribution in [2.45, 2.75) is 75.3 Å². The van der Waals surface area contributed by atoms with Crippen molar-refractivity contribution in [3.05, 3.63) is 29.8 Å². The van der Waals surface area contributed by atoms with Gasteiger partial charge in [0.15, 0.2) is 5.78 Å². The van der Waals surface area contributed by atoms with E-state index in [0.717, 1.165) is 70.0 Å². The molecule has 1 aromatic rings. The van der Waals surface area contributed by atoms with Crippen molar-refractivity contribution in [1.82, 2.24) is 15.1 Å². The maximum Gasteiger partial charge on any atom is 0.251 e. The summed E-state index contributed by atoms with van der Waals surface area (Å²) >= 11 is 0. The number of nitrogens with one attached hydrogen (secondary N) is 1. The van der Waals surface area contributed by atoms with Crippen molar-refractivity contribution in [2.75, 3.05) is 51.3 Å². The molecule has 0 bridgehead atoms. The van der Waals surface area contributed by atoms with Crippen molar-refractivity contribution in [3.8, 4) is 0 Å². The lowest BCUT2D eigenvalue weighted by Gasteiger charge is -2.36. The third-order valence-corrected chi connectivity index (χ3v) is 9.27. The zero-order valence-corrected chi connectivity index (χ0v) is 22.3. The number of carbonyl (C=O) groups excluding carboxylic acids is 3. The van der Waals surface area contributed by atoms with Crippen LogP contribution < -0.4 is 10.2 Å². The molecule has 38 heavy (non-hydrogen) atoms. The molecule has 9 nitrogen and oxygen atoms in total. The summed E-state index contributed by atoms with van der Waals surface area (Å²) in [5.74, 6) is -0.472. The minimum atomic E-state index is -0.664. The number of fused-ring (bicyclic) bond motifs is 1. The molecule has 4 atom stereocenters. The zero-order chi connectivity index (χ0) is 26.2. The second kappa shape index (κ2) is 10.9. The summed E-state index contributed by atoms with van der Waals surface area (Å²) in [5.41, 5.74) is 1.68. The molecule has 0 radical (unpaired) electrons. The number of rotatable bonds is 7. The number of ketones is 1. The van der Waals surface area contributed by atoms with Crippen molar-refractivity contribution in [2.24, 2.45) is 5.92 Å². The van der Waals surface area contributed by atoms with Gasteiger partial charge in [-0.25, -0.2) is 0 Å². The Morgan fingerprint density at radius 3 is 2.37 bits per heavy atom. The van der Waals surface area contributed by atoms with Crippen LogP contribution in [-0.4, -0.2) is 104 Å². The lowest BCUT2D eigenvalue weighted by atomic mass is 9.83. The molecule has 6 rings (SSSR count). The zero-order valence-electron chi connectivity index (χ0n) is 22.3. The number of ether oxygens (including phenoxy) is 2. The molecule has 3 saturated heterocycles. The molecule has 1 N–H and O–H groups in total. The van der Waals surface area contributed by atoms with Crippen LogP contribution in [0.25, 0.3) is 0 Å². The van der Waals surface area contributed by atoms with Crippen LogP contribution in [0.1, 0.15) is 55.3 Å². The van der Waals surface area contributed by atoms with Gasteiger partial charge in [-0.1, -0.05) is 19.3 Å². The molecule has 2 aliphatic carbocycles. The average molecular weight is 525 g/mol. The number of hydrogen-bond donors (Lipinski definition) is 1. The van der Waals surface area contributed by atoms with Gasteiger partial charge < -0.3 is 24.6 Å². The summed E-state index contributed by atoms with van der Waals surface area (Å²) in [6.07, 6.45) is 6.92.